The number of unbranched alkanes of at least 4 members (excludes halogenated alkanes) is 3. The van der Waals surface area contributed by atoms with E-state index in [4.69, 9.17) is 9.47 Å². The van der Waals surface area contributed by atoms with E-state index in [2.05, 4.69) is 20.8 Å². The van der Waals surface area contributed by atoms with Crippen LogP contribution in [0.25, 0.3) is 0 Å². The third-order valence-electron chi connectivity index (χ3n) is 5.79. The average Bonchev–Trinajstić information content (AvgIpc) is 2.71. The van der Waals surface area contributed by atoms with Crippen molar-refractivity contribution >= 4 is 30.2 Å². The fourth-order valence-electron chi connectivity index (χ4n) is 4.21. The van der Waals surface area contributed by atoms with Crippen molar-refractivity contribution in [3.8, 4) is 5.75 Å². The second-order valence-corrected chi connectivity index (χ2v) is 22.5. The molecular weight excluding hydrogens is 481 g/mol. The molecule has 1 amide bonds. The summed E-state index contributed by atoms with van der Waals surface area (Å²) in [6, 6.07) is 7.85. The van der Waals surface area contributed by atoms with Crippen molar-refractivity contribution in [2.24, 2.45) is 0 Å². The van der Waals surface area contributed by atoms with Crippen LogP contribution >= 0.6 is 0 Å². The summed E-state index contributed by atoms with van der Waals surface area (Å²) < 4.78 is 17.0. The Balaban J connectivity index is 2.56. The monoisotopic (exact) mass is 523 g/mol. The van der Waals surface area contributed by atoms with Crippen molar-refractivity contribution in [1.29, 1.82) is 0 Å². The zero-order valence-electron chi connectivity index (χ0n) is 19.9. The van der Waals surface area contributed by atoms with Gasteiger partial charge in [-0.1, -0.05) is 0 Å². The van der Waals surface area contributed by atoms with E-state index < -0.39 is 24.0 Å². The summed E-state index contributed by atoms with van der Waals surface area (Å²) in [4.78, 5) is 15.4. The Morgan fingerprint density at radius 2 is 1.50 bits per heavy atom. The molecule has 0 atom stereocenters. The Hall–Kier alpha value is -1.17. The zero-order chi connectivity index (χ0) is 22.2. The van der Waals surface area contributed by atoms with Gasteiger partial charge in [0.15, 0.2) is 0 Å². The van der Waals surface area contributed by atoms with Crippen LogP contribution in [0.3, 0.4) is 0 Å². The average molecular weight is 522 g/mol. The number of para-hydroxylation sites is 2. The van der Waals surface area contributed by atoms with Gasteiger partial charge in [-0.25, -0.2) is 0 Å². The van der Waals surface area contributed by atoms with Gasteiger partial charge in [-0.3, -0.25) is 0 Å². The summed E-state index contributed by atoms with van der Waals surface area (Å²) in [5.41, 5.74) is 0.291. The number of benzene rings is 1. The third-order valence-corrected chi connectivity index (χ3v) is 21.1. The Morgan fingerprint density at radius 3 is 2.00 bits per heavy atom. The SMILES string of the molecule is CCC[CH2][Sn]([CH2]CCC)([CH2]CCC)[C]1=COc2ccccc2N1C(=O)OC(C)(C)C. The standard InChI is InChI=1S/C13H14NO3.3C4H9.Sn/c1-13(2,3)17-12(15)14-8-9-16-11-7-5-4-6-10(11)14;3*1-3-4-2;/h4-7,9H,1-3H3;3*1,3-4H2,2H3;. The molecule has 0 aromatic heterocycles. The topological polar surface area (TPSA) is 38.8 Å². The van der Waals surface area contributed by atoms with Gasteiger partial charge in [-0.05, 0) is 0 Å². The van der Waals surface area contributed by atoms with E-state index in [1.165, 1.54) is 55.5 Å². The number of carbonyl (C=O) groups is 1. The molecule has 1 aromatic carbocycles. The number of nitrogens with zero attached hydrogens (tertiary/aromatic N) is 1. The molecule has 4 nitrogen and oxygen atoms in total. The van der Waals surface area contributed by atoms with Gasteiger partial charge in [0, 0.05) is 0 Å². The molecule has 0 aliphatic carbocycles. The molecule has 0 bridgehead atoms. The van der Waals surface area contributed by atoms with E-state index in [1.807, 2.05) is 56.2 Å². The van der Waals surface area contributed by atoms with Gasteiger partial charge in [-0.15, -0.1) is 0 Å². The molecule has 0 unspecified atom stereocenters. The van der Waals surface area contributed by atoms with Crippen LogP contribution in [-0.2, 0) is 4.74 Å². The number of carbonyl (C=O) groups excluding carboxylic acids is 1. The quantitative estimate of drug-likeness (QED) is 0.292. The number of fused-ring (bicyclic) bond motifs is 1. The van der Waals surface area contributed by atoms with Crippen LogP contribution in [0, 0.1) is 0 Å². The number of rotatable bonds is 10. The fourth-order valence-corrected chi connectivity index (χ4v) is 20.2. The van der Waals surface area contributed by atoms with Crippen LogP contribution in [0.4, 0.5) is 10.5 Å². The minimum atomic E-state index is -2.93. The number of hydrogen-bond donors (Lipinski definition) is 0. The number of hydrogen-bond acceptors (Lipinski definition) is 3. The second kappa shape index (κ2) is 11.4. The zero-order valence-corrected chi connectivity index (χ0v) is 22.8. The summed E-state index contributed by atoms with van der Waals surface area (Å²) in [6.45, 7) is 12.6. The molecule has 0 saturated heterocycles. The molecule has 0 radical (unpaired) electrons. The van der Waals surface area contributed by atoms with Gasteiger partial charge in [0.1, 0.15) is 0 Å². The van der Waals surface area contributed by atoms with Crippen molar-refractivity contribution < 1.29 is 14.3 Å². The summed E-state index contributed by atoms with van der Waals surface area (Å²) in [5.74, 6) is 0.730. The van der Waals surface area contributed by atoms with Crippen LogP contribution < -0.4 is 9.64 Å². The van der Waals surface area contributed by atoms with Gasteiger partial charge < -0.3 is 0 Å². The van der Waals surface area contributed by atoms with E-state index >= 15 is 0 Å². The molecule has 1 aromatic rings. The molecule has 30 heavy (non-hydrogen) atoms. The first-order valence-electron chi connectivity index (χ1n) is 11.8. The van der Waals surface area contributed by atoms with Gasteiger partial charge in [0.2, 0.25) is 0 Å². The Labute approximate surface area is 187 Å². The fraction of sp³-hybridized carbons (Fsp3) is 0.640. The molecule has 168 valence electrons. The van der Waals surface area contributed by atoms with E-state index in [0.29, 0.717) is 0 Å². The van der Waals surface area contributed by atoms with Crippen LogP contribution in [0.5, 0.6) is 5.75 Å². The van der Waals surface area contributed by atoms with Crippen molar-refractivity contribution in [1.82, 2.24) is 0 Å². The van der Waals surface area contributed by atoms with Crippen LogP contribution in [0.15, 0.2) is 34.2 Å². The molecule has 0 spiro atoms. The number of ether oxygens (including phenoxy) is 2. The van der Waals surface area contributed by atoms with Gasteiger partial charge in [0.25, 0.3) is 0 Å². The van der Waals surface area contributed by atoms with Crippen molar-refractivity contribution in [2.75, 3.05) is 4.90 Å². The Bertz CT molecular complexity index is 702. The first-order valence-corrected chi connectivity index (χ1v) is 19.3. The van der Waals surface area contributed by atoms with Crippen molar-refractivity contribution in [3.05, 3.63) is 34.2 Å². The van der Waals surface area contributed by atoms with Gasteiger partial charge in [-0.2, -0.15) is 0 Å². The summed E-state index contributed by atoms with van der Waals surface area (Å²) in [7, 11) is 0. The Kier molecular flexibility index (Phi) is 9.58. The van der Waals surface area contributed by atoms with Gasteiger partial charge in [0.05, 0.1) is 0 Å². The van der Waals surface area contributed by atoms with E-state index in [1.54, 1.807) is 0 Å². The first-order chi connectivity index (χ1) is 14.3. The van der Waals surface area contributed by atoms with Crippen molar-refractivity contribution in [3.63, 3.8) is 0 Å². The minimum absolute atomic E-state index is 0.268. The van der Waals surface area contributed by atoms with Crippen molar-refractivity contribution in [2.45, 2.75) is 99.0 Å². The van der Waals surface area contributed by atoms with Crippen LogP contribution in [0.2, 0.25) is 13.3 Å². The molecule has 0 saturated carbocycles. The predicted molar refractivity (Wildman–Crippen MR) is 129 cm³/mol. The van der Waals surface area contributed by atoms with Gasteiger partial charge >= 0.3 is 188 Å². The second-order valence-electron chi connectivity index (χ2n) is 9.50. The predicted octanol–water partition coefficient (Wildman–Crippen LogP) is 8.05. The van der Waals surface area contributed by atoms with Crippen LogP contribution in [-0.4, -0.2) is 30.1 Å². The normalized spacial score (nSPS) is 14.1. The molecule has 2 rings (SSSR count). The van der Waals surface area contributed by atoms with E-state index in [0.717, 1.165) is 11.4 Å². The number of amides is 1. The summed E-state index contributed by atoms with van der Waals surface area (Å²) in [6.07, 6.45) is 8.90. The van der Waals surface area contributed by atoms with E-state index in [-0.39, 0.29) is 6.09 Å². The molecule has 5 heteroatoms. The molecule has 1 heterocycles. The first kappa shape index (κ1) is 25.1. The molecule has 0 fully saturated rings. The third kappa shape index (κ3) is 6.41. The summed E-state index contributed by atoms with van der Waals surface area (Å²) >= 11 is -2.93. The van der Waals surface area contributed by atoms with Crippen LogP contribution in [0.1, 0.15) is 80.1 Å². The Morgan fingerprint density at radius 1 is 0.967 bits per heavy atom. The molecule has 1 aliphatic heterocycles. The molecule has 0 N–H and O–H groups in total. The molecular formula is C25H41NO3Sn. The molecule has 1 aliphatic rings. The van der Waals surface area contributed by atoms with E-state index in [9.17, 15) is 4.79 Å². The maximum atomic E-state index is 13.5. The number of anilines is 1. The summed E-state index contributed by atoms with van der Waals surface area (Å²) in [5, 5.41) is 0. The maximum absolute atomic E-state index is 13.5.